The predicted octanol–water partition coefficient (Wildman–Crippen LogP) is -0.557. The maximum atomic E-state index is 11.6. The Morgan fingerprint density at radius 3 is 2.50 bits per heavy atom. The van der Waals surface area contributed by atoms with Gasteiger partial charge in [0, 0.05) is 19.6 Å². The van der Waals surface area contributed by atoms with Crippen LogP contribution in [0.15, 0.2) is 0 Å². The number of nitrogens with one attached hydrogen (secondary N) is 2. The molecule has 2 N–H and O–H groups in total. The van der Waals surface area contributed by atoms with E-state index in [0.29, 0.717) is 19.6 Å². The molecule has 1 fully saturated rings. The first-order valence-corrected chi connectivity index (χ1v) is 7.01. The van der Waals surface area contributed by atoms with E-state index in [1.165, 1.54) is 4.31 Å². The molecule has 0 bridgehead atoms. The minimum atomic E-state index is -3.46. The van der Waals surface area contributed by atoms with Crippen molar-refractivity contribution in [2.75, 3.05) is 26.2 Å². The topological polar surface area (TPSA) is 78.5 Å². The third-order valence-corrected chi connectivity index (χ3v) is 3.95. The van der Waals surface area contributed by atoms with Gasteiger partial charge in [-0.15, -0.1) is 0 Å². The van der Waals surface area contributed by atoms with Gasteiger partial charge in [-0.2, -0.15) is 17.4 Å². The minimum Gasteiger partial charge on any atom is -0.355 e. The highest BCUT2D eigenvalue weighted by molar-refractivity contribution is 7.87. The number of rotatable bonds is 6. The van der Waals surface area contributed by atoms with Gasteiger partial charge >= 0.3 is 0 Å². The van der Waals surface area contributed by atoms with Gasteiger partial charge < -0.3 is 5.32 Å². The second-order valence-corrected chi connectivity index (χ2v) is 5.54. The Morgan fingerprint density at radius 2 is 1.94 bits per heavy atom. The van der Waals surface area contributed by atoms with Gasteiger partial charge in [0.15, 0.2) is 0 Å². The van der Waals surface area contributed by atoms with E-state index in [9.17, 15) is 13.2 Å². The van der Waals surface area contributed by atoms with Crippen LogP contribution in [0, 0.1) is 0 Å². The van der Waals surface area contributed by atoms with E-state index in [0.717, 1.165) is 19.3 Å². The lowest BCUT2D eigenvalue weighted by atomic mass is 10.4. The molecule has 1 rings (SSSR count). The summed E-state index contributed by atoms with van der Waals surface area (Å²) in [5.74, 6) is -0.287. The molecule has 0 aromatic carbocycles. The Morgan fingerprint density at radius 1 is 1.31 bits per heavy atom. The van der Waals surface area contributed by atoms with Gasteiger partial charge in [-0.3, -0.25) is 4.79 Å². The molecule has 0 aliphatic carbocycles. The molecule has 7 heteroatoms. The Bertz CT molecular complexity index is 323. The van der Waals surface area contributed by atoms with Crippen molar-refractivity contribution in [1.82, 2.24) is 14.3 Å². The van der Waals surface area contributed by atoms with Crippen LogP contribution >= 0.6 is 0 Å². The predicted molar refractivity (Wildman–Crippen MR) is 61.0 cm³/mol. The third-order valence-electron chi connectivity index (χ3n) is 2.39. The summed E-state index contributed by atoms with van der Waals surface area (Å²) in [7, 11) is -3.46. The van der Waals surface area contributed by atoms with Crippen LogP contribution in [-0.2, 0) is 15.0 Å². The fraction of sp³-hybridized carbons (Fsp3) is 0.889. The van der Waals surface area contributed by atoms with Crippen LogP contribution in [0.25, 0.3) is 0 Å². The first kappa shape index (κ1) is 13.4. The van der Waals surface area contributed by atoms with Gasteiger partial charge in [0.2, 0.25) is 5.91 Å². The van der Waals surface area contributed by atoms with Crippen LogP contribution < -0.4 is 10.0 Å². The van der Waals surface area contributed by atoms with Crippen LogP contribution in [0.3, 0.4) is 0 Å². The molecular weight excluding hydrogens is 230 g/mol. The van der Waals surface area contributed by atoms with Crippen molar-refractivity contribution >= 4 is 16.1 Å². The highest BCUT2D eigenvalue weighted by atomic mass is 32.2. The average Bonchev–Trinajstić information content (AvgIpc) is 2.77. The van der Waals surface area contributed by atoms with Crippen LogP contribution in [0.4, 0.5) is 0 Å². The monoisotopic (exact) mass is 249 g/mol. The van der Waals surface area contributed by atoms with Crippen molar-refractivity contribution < 1.29 is 13.2 Å². The Kier molecular flexibility index (Phi) is 5.17. The molecule has 0 spiro atoms. The lowest BCUT2D eigenvalue weighted by Crippen LogP contribution is -2.43. The number of nitrogens with zero attached hydrogens (tertiary/aromatic N) is 1. The summed E-state index contributed by atoms with van der Waals surface area (Å²) in [5, 5.41) is 2.61. The fourth-order valence-electron chi connectivity index (χ4n) is 1.50. The van der Waals surface area contributed by atoms with Gasteiger partial charge in [-0.25, -0.2) is 0 Å². The Balaban J connectivity index is 2.33. The highest BCUT2D eigenvalue weighted by Gasteiger charge is 2.25. The van der Waals surface area contributed by atoms with Crippen LogP contribution in [0.5, 0.6) is 0 Å². The molecule has 0 atom stereocenters. The SMILES string of the molecule is CCCNC(=O)CNS(=O)(=O)N1CCCC1. The molecule has 0 aromatic heterocycles. The second kappa shape index (κ2) is 6.17. The minimum absolute atomic E-state index is 0.182. The van der Waals surface area contributed by atoms with E-state index in [1.807, 2.05) is 6.92 Å². The number of hydrogen-bond acceptors (Lipinski definition) is 3. The molecule has 0 saturated carbocycles. The lowest BCUT2D eigenvalue weighted by Gasteiger charge is -2.15. The summed E-state index contributed by atoms with van der Waals surface area (Å²) < 4.78 is 27.0. The first-order valence-electron chi connectivity index (χ1n) is 5.57. The van der Waals surface area contributed by atoms with Gasteiger partial charge in [0.1, 0.15) is 0 Å². The maximum absolute atomic E-state index is 11.6. The molecule has 0 aromatic rings. The van der Waals surface area contributed by atoms with Crippen LogP contribution in [0.1, 0.15) is 26.2 Å². The molecule has 1 aliphatic heterocycles. The number of carbonyl (C=O) groups excluding carboxylic acids is 1. The molecular formula is C9H19N3O3S. The van der Waals surface area contributed by atoms with Gasteiger partial charge in [0.25, 0.3) is 10.2 Å². The van der Waals surface area contributed by atoms with Crippen molar-refractivity contribution in [1.29, 1.82) is 0 Å². The fourth-order valence-corrected chi connectivity index (χ4v) is 2.74. The summed E-state index contributed by atoms with van der Waals surface area (Å²) in [6.07, 6.45) is 2.62. The third kappa shape index (κ3) is 4.07. The summed E-state index contributed by atoms with van der Waals surface area (Å²) >= 11 is 0. The van der Waals surface area contributed by atoms with Gasteiger partial charge in [-0.1, -0.05) is 6.92 Å². The largest absolute Gasteiger partial charge is 0.355 e. The average molecular weight is 249 g/mol. The Labute approximate surface area is 96.6 Å². The van der Waals surface area contributed by atoms with Crippen molar-refractivity contribution in [2.24, 2.45) is 0 Å². The number of amides is 1. The molecule has 16 heavy (non-hydrogen) atoms. The summed E-state index contributed by atoms with van der Waals surface area (Å²) in [5.41, 5.74) is 0. The van der Waals surface area contributed by atoms with E-state index in [-0.39, 0.29) is 12.5 Å². The second-order valence-electron chi connectivity index (χ2n) is 3.78. The zero-order valence-electron chi connectivity index (χ0n) is 9.53. The summed E-state index contributed by atoms with van der Waals surface area (Å²) in [6, 6.07) is 0. The van der Waals surface area contributed by atoms with Crippen LogP contribution in [0.2, 0.25) is 0 Å². The van der Waals surface area contributed by atoms with Gasteiger partial charge in [0.05, 0.1) is 6.54 Å². The molecule has 1 amide bonds. The molecule has 0 radical (unpaired) electrons. The first-order chi connectivity index (χ1) is 7.56. The number of carbonyl (C=O) groups is 1. The quantitative estimate of drug-likeness (QED) is 0.662. The van der Waals surface area contributed by atoms with Gasteiger partial charge in [-0.05, 0) is 19.3 Å². The van der Waals surface area contributed by atoms with E-state index >= 15 is 0 Å². The summed E-state index contributed by atoms with van der Waals surface area (Å²) in [4.78, 5) is 11.2. The van der Waals surface area contributed by atoms with Crippen molar-refractivity contribution in [3.05, 3.63) is 0 Å². The van der Waals surface area contributed by atoms with Crippen molar-refractivity contribution in [2.45, 2.75) is 26.2 Å². The van der Waals surface area contributed by atoms with E-state index in [4.69, 9.17) is 0 Å². The van der Waals surface area contributed by atoms with E-state index < -0.39 is 10.2 Å². The molecule has 1 aliphatic rings. The van der Waals surface area contributed by atoms with Crippen molar-refractivity contribution in [3.63, 3.8) is 0 Å². The van der Waals surface area contributed by atoms with E-state index in [2.05, 4.69) is 10.0 Å². The van der Waals surface area contributed by atoms with Crippen molar-refractivity contribution in [3.8, 4) is 0 Å². The zero-order chi connectivity index (χ0) is 12.0. The number of hydrogen-bond donors (Lipinski definition) is 2. The maximum Gasteiger partial charge on any atom is 0.279 e. The highest BCUT2D eigenvalue weighted by Crippen LogP contribution is 2.10. The van der Waals surface area contributed by atoms with E-state index in [1.54, 1.807) is 0 Å². The summed E-state index contributed by atoms with van der Waals surface area (Å²) in [6.45, 7) is 3.43. The van der Waals surface area contributed by atoms with Crippen LogP contribution in [-0.4, -0.2) is 44.8 Å². The zero-order valence-corrected chi connectivity index (χ0v) is 10.3. The lowest BCUT2D eigenvalue weighted by molar-refractivity contribution is -0.119. The molecule has 94 valence electrons. The molecule has 1 heterocycles. The smallest absolute Gasteiger partial charge is 0.279 e. The standard InChI is InChI=1S/C9H19N3O3S/c1-2-5-10-9(13)8-11-16(14,15)12-6-3-4-7-12/h11H,2-8H2,1H3,(H,10,13). The normalized spacial score (nSPS) is 17.6. The molecule has 0 unspecified atom stereocenters. The molecule has 1 saturated heterocycles. The molecule has 6 nitrogen and oxygen atoms in total. The Hall–Kier alpha value is -0.660.